The van der Waals surface area contributed by atoms with E-state index in [2.05, 4.69) is 5.32 Å². The lowest BCUT2D eigenvalue weighted by atomic mass is 10.0. The van der Waals surface area contributed by atoms with Gasteiger partial charge in [-0.25, -0.2) is 4.79 Å². The van der Waals surface area contributed by atoms with Gasteiger partial charge in [0.1, 0.15) is 12.6 Å². The van der Waals surface area contributed by atoms with Crippen LogP contribution in [-0.2, 0) is 20.9 Å². The molecule has 0 radical (unpaired) electrons. The molecule has 0 bridgehead atoms. The Morgan fingerprint density at radius 1 is 1.24 bits per heavy atom. The van der Waals surface area contributed by atoms with Gasteiger partial charge in [-0.3, -0.25) is 9.59 Å². The molecule has 136 valence electrons. The Kier molecular flexibility index (Phi) is 6.98. The highest BCUT2D eigenvalue weighted by molar-refractivity contribution is 5.91. The number of carbonyl (C=O) groups is 3. The average molecular weight is 346 g/mol. The minimum atomic E-state index is -0.672. The van der Waals surface area contributed by atoms with Crippen molar-refractivity contribution < 1.29 is 19.1 Å². The number of carbonyl (C=O) groups excluding carboxylic acids is 3. The first-order valence-electron chi connectivity index (χ1n) is 8.73. The molecular formula is C19H26N2O4. The minimum absolute atomic E-state index is 0.0644. The van der Waals surface area contributed by atoms with Gasteiger partial charge in [0, 0.05) is 13.0 Å². The Bertz CT molecular complexity index is 601. The first kappa shape index (κ1) is 19.0. The van der Waals surface area contributed by atoms with E-state index in [1.165, 1.54) is 4.90 Å². The largest absolute Gasteiger partial charge is 0.445 e. The lowest BCUT2D eigenvalue weighted by Gasteiger charge is -2.30. The maximum absolute atomic E-state index is 12.7. The van der Waals surface area contributed by atoms with Crippen molar-refractivity contribution in [1.29, 1.82) is 0 Å². The molecule has 25 heavy (non-hydrogen) atoms. The maximum Gasteiger partial charge on any atom is 0.408 e. The van der Waals surface area contributed by atoms with Gasteiger partial charge in [-0.15, -0.1) is 0 Å². The summed E-state index contributed by atoms with van der Waals surface area (Å²) in [5.41, 5.74) is 0.881. The summed E-state index contributed by atoms with van der Waals surface area (Å²) < 4.78 is 5.21. The highest BCUT2D eigenvalue weighted by Gasteiger charge is 2.30. The van der Waals surface area contributed by atoms with Crippen LogP contribution in [0, 0.1) is 5.92 Å². The summed E-state index contributed by atoms with van der Waals surface area (Å²) in [5.74, 6) is 0.0804. The molecule has 0 spiro atoms. The summed E-state index contributed by atoms with van der Waals surface area (Å²) >= 11 is 0. The SMILES string of the molecule is CC(C)C[C@H](NC(=O)OCc1ccccc1)C(=O)N1CCCC(=O)C1. The van der Waals surface area contributed by atoms with Crippen LogP contribution in [0.2, 0.25) is 0 Å². The highest BCUT2D eigenvalue weighted by atomic mass is 16.5. The van der Waals surface area contributed by atoms with Crippen molar-refractivity contribution in [2.45, 2.75) is 45.8 Å². The van der Waals surface area contributed by atoms with Crippen molar-refractivity contribution in [3.63, 3.8) is 0 Å². The average Bonchev–Trinajstić information content (AvgIpc) is 2.59. The molecule has 0 saturated carbocycles. The number of alkyl carbamates (subject to hydrolysis) is 1. The number of benzene rings is 1. The fourth-order valence-electron chi connectivity index (χ4n) is 2.85. The van der Waals surface area contributed by atoms with Crippen molar-refractivity contribution >= 4 is 17.8 Å². The van der Waals surface area contributed by atoms with Crippen LogP contribution in [0.4, 0.5) is 4.79 Å². The van der Waals surface area contributed by atoms with Crippen molar-refractivity contribution in [3.05, 3.63) is 35.9 Å². The van der Waals surface area contributed by atoms with Crippen LogP contribution >= 0.6 is 0 Å². The number of ether oxygens (including phenoxy) is 1. The van der Waals surface area contributed by atoms with Crippen LogP contribution in [-0.4, -0.2) is 41.8 Å². The molecule has 1 fully saturated rings. The van der Waals surface area contributed by atoms with Crippen LogP contribution in [0.25, 0.3) is 0 Å². The highest BCUT2D eigenvalue weighted by Crippen LogP contribution is 2.13. The van der Waals surface area contributed by atoms with E-state index in [0.717, 1.165) is 5.56 Å². The normalized spacial score (nSPS) is 15.8. The number of likely N-dealkylation sites (tertiary alicyclic amines) is 1. The van der Waals surface area contributed by atoms with Crippen LogP contribution in [0.1, 0.15) is 38.7 Å². The summed E-state index contributed by atoms with van der Waals surface area (Å²) in [6.45, 7) is 4.81. The standard InChI is InChI=1S/C19H26N2O4/c1-14(2)11-17(18(23)21-10-6-9-16(22)12-21)20-19(24)25-13-15-7-4-3-5-8-15/h3-5,7-8,14,17H,6,9-13H2,1-2H3,(H,20,24)/t17-/m0/s1. The summed E-state index contributed by atoms with van der Waals surface area (Å²) in [7, 11) is 0. The Morgan fingerprint density at radius 2 is 1.96 bits per heavy atom. The van der Waals surface area contributed by atoms with E-state index in [1.54, 1.807) is 0 Å². The van der Waals surface area contributed by atoms with E-state index in [1.807, 2.05) is 44.2 Å². The zero-order valence-corrected chi connectivity index (χ0v) is 14.9. The lowest BCUT2D eigenvalue weighted by molar-refractivity contribution is -0.139. The van der Waals surface area contributed by atoms with Crippen LogP contribution in [0.3, 0.4) is 0 Å². The zero-order valence-electron chi connectivity index (χ0n) is 14.9. The number of ketones is 1. The minimum Gasteiger partial charge on any atom is -0.445 e. The molecule has 1 aliphatic heterocycles. The molecule has 1 aromatic carbocycles. The third kappa shape index (κ3) is 6.21. The molecule has 2 amide bonds. The molecule has 0 aromatic heterocycles. The Morgan fingerprint density at radius 3 is 2.60 bits per heavy atom. The second-order valence-corrected chi connectivity index (χ2v) is 6.79. The van der Waals surface area contributed by atoms with Gasteiger partial charge < -0.3 is 15.0 Å². The predicted octanol–water partition coefficient (Wildman–Crippen LogP) is 2.52. The van der Waals surface area contributed by atoms with Crippen molar-refractivity contribution in [2.75, 3.05) is 13.1 Å². The number of amides is 2. The van der Waals surface area contributed by atoms with E-state index < -0.39 is 12.1 Å². The second-order valence-electron chi connectivity index (χ2n) is 6.79. The topological polar surface area (TPSA) is 75.7 Å². The Labute approximate surface area is 148 Å². The smallest absolute Gasteiger partial charge is 0.408 e. The number of rotatable bonds is 6. The van der Waals surface area contributed by atoms with Crippen LogP contribution < -0.4 is 5.32 Å². The molecule has 1 aliphatic rings. The van der Waals surface area contributed by atoms with Gasteiger partial charge in [0.15, 0.2) is 5.78 Å². The Balaban J connectivity index is 1.93. The van der Waals surface area contributed by atoms with Crippen molar-refractivity contribution in [2.24, 2.45) is 5.92 Å². The van der Waals surface area contributed by atoms with E-state index in [9.17, 15) is 14.4 Å². The van der Waals surface area contributed by atoms with Crippen LogP contribution in [0.15, 0.2) is 30.3 Å². The van der Waals surface area contributed by atoms with Gasteiger partial charge in [-0.1, -0.05) is 44.2 Å². The summed E-state index contributed by atoms with van der Waals surface area (Å²) in [6.07, 6.45) is 1.08. The first-order valence-corrected chi connectivity index (χ1v) is 8.73. The summed E-state index contributed by atoms with van der Waals surface area (Å²) in [5, 5.41) is 2.67. The molecule has 1 atom stereocenters. The zero-order chi connectivity index (χ0) is 18.2. The summed E-state index contributed by atoms with van der Waals surface area (Å²) in [6, 6.07) is 8.69. The van der Waals surface area contributed by atoms with Gasteiger partial charge in [-0.2, -0.15) is 0 Å². The molecule has 1 saturated heterocycles. The molecule has 1 aromatic rings. The van der Waals surface area contributed by atoms with Gasteiger partial charge in [0.05, 0.1) is 6.54 Å². The number of nitrogens with one attached hydrogen (secondary N) is 1. The first-order chi connectivity index (χ1) is 12.0. The fraction of sp³-hybridized carbons (Fsp3) is 0.526. The molecule has 1 N–H and O–H groups in total. The third-order valence-electron chi connectivity index (χ3n) is 4.07. The molecule has 6 nitrogen and oxygen atoms in total. The Hall–Kier alpha value is -2.37. The fourth-order valence-corrected chi connectivity index (χ4v) is 2.85. The third-order valence-corrected chi connectivity index (χ3v) is 4.07. The predicted molar refractivity (Wildman–Crippen MR) is 93.8 cm³/mol. The van der Waals surface area contributed by atoms with E-state index >= 15 is 0 Å². The number of hydrogen-bond acceptors (Lipinski definition) is 4. The van der Waals surface area contributed by atoms with Crippen molar-refractivity contribution in [1.82, 2.24) is 10.2 Å². The number of hydrogen-bond donors (Lipinski definition) is 1. The van der Waals surface area contributed by atoms with E-state index in [0.29, 0.717) is 25.8 Å². The maximum atomic E-state index is 12.7. The molecular weight excluding hydrogens is 320 g/mol. The van der Waals surface area contributed by atoms with Gasteiger partial charge >= 0.3 is 6.09 Å². The number of Topliss-reactive ketones (excluding diaryl/α,β-unsaturated/α-hetero) is 1. The molecule has 2 rings (SSSR count). The number of nitrogens with zero attached hydrogens (tertiary/aromatic N) is 1. The summed E-state index contributed by atoms with van der Waals surface area (Å²) in [4.78, 5) is 37.9. The van der Waals surface area contributed by atoms with E-state index in [4.69, 9.17) is 4.74 Å². The van der Waals surface area contributed by atoms with Gasteiger partial charge in [0.25, 0.3) is 0 Å². The second kappa shape index (κ2) is 9.20. The molecule has 1 heterocycles. The lowest BCUT2D eigenvalue weighted by Crippen LogP contribution is -2.52. The van der Waals surface area contributed by atoms with E-state index in [-0.39, 0.29) is 30.8 Å². The van der Waals surface area contributed by atoms with Gasteiger partial charge in [0.2, 0.25) is 5.91 Å². The molecule has 0 unspecified atom stereocenters. The van der Waals surface area contributed by atoms with Crippen molar-refractivity contribution in [3.8, 4) is 0 Å². The monoisotopic (exact) mass is 346 g/mol. The molecule has 6 heteroatoms. The quantitative estimate of drug-likeness (QED) is 0.859. The van der Waals surface area contributed by atoms with Crippen LogP contribution in [0.5, 0.6) is 0 Å². The van der Waals surface area contributed by atoms with Gasteiger partial charge in [-0.05, 0) is 24.3 Å². The molecule has 0 aliphatic carbocycles. The number of piperidine rings is 1.